The number of halogens is 6. The molecule has 4 heterocycles. The number of nitrogens with zero attached hydrogens (tertiary/aromatic N) is 8. The maximum absolute atomic E-state index is 10.7. The first-order chi connectivity index (χ1) is 16.2. The third kappa shape index (κ3) is 13.2. The largest absolute Gasteiger partial charge is 1.00 e. The summed E-state index contributed by atoms with van der Waals surface area (Å²) in [4.78, 5) is 24.2. The molecule has 190 valence electrons. The van der Waals surface area contributed by atoms with E-state index in [0.717, 1.165) is 11.4 Å². The summed E-state index contributed by atoms with van der Waals surface area (Å²) >= 11 is 0. The Morgan fingerprint density at radius 1 is 0.528 bits per heavy atom. The van der Waals surface area contributed by atoms with Crippen LogP contribution in [0.4, 0.5) is 25.2 Å². The Morgan fingerprint density at radius 2 is 0.889 bits per heavy atom. The van der Waals surface area contributed by atoms with Crippen molar-refractivity contribution >= 4 is 7.81 Å². The van der Waals surface area contributed by atoms with Gasteiger partial charge in [-0.3, -0.25) is 9.97 Å². The van der Waals surface area contributed by atoms with Crippen LogP contribution in [0.25, 0.3) is 22.8 Å². The molecule has 0 unspecified atom stereocenters. The number of hydrogen-bond acceptors (Lipinski definition) is 8. The minimum absolute atomic E-state index is 0. The van der Waals surface area contributed by atoms with Gasteiger partial charge in [0, 0.05) is 12.4 Å². The van der Waals surface area contributed by atoms with Crippen molar-refractivity contribution in [3.05, 3.63) is 85.0 Å². The van der Waals surface area contributed by atoms with Gasteiger partial charge in [0.05, 0.1) is 36.2 Å². The van der Waals surface area contributed by atoms with E-state index in [1.807, 2.05) is 48.5 Å². The molecule has 0 spiro atoms. The quantitative estimate of drug-likeness (QED) is 0.148. The number of rotatable bonds is 2. The second kappa shape index (κ2) is 11.7. The van der Waals surface area contributed by atoms with E-state index in [0.29, 0.717) is 22.8 Å². The minimum atomic E-state index is -10.7. The van der Waals surface area contributed by atoms with Gasteiger partial charge in [0.15, 0.2) is 11.4 Å². The number of nitriles is 2. The predicted molar refractivity (Wildman–Crippen MR) is 114 cm³/mol. The van der Waals surface area contributed by atoms with Crippen molar-refractivity contribution < 1.29 is 47.6 Å². The van der Waals surface area contributed by atoms with E-state index in [-0.39, 0.29) is 22.4 Å². The maximum atomic E-state index is 9.87. The smallest absolute Gasteiger partial charge is 0.255 e. The van der Waals surface area contributed by atoms with Crippen LogP contribution in [0, 0.1) is 22.7 Å². The molecule has 0 N–H and O–H groups in total. The van der Waals surface area contributed by atoms with Crippen molar-refractivity contribution in [3.8, 4) is 34.9 Å². The van der Waals surface area contributed by atoms with E-state index in [4.69, 9.17) is 10.5 Å². The Hall–Kier alpha value is -3.81. The van der Waals surface area contributed by atoms with Crippen molar-refractivity contribution in [1.29, 1.82) is 10.5 Å². The fourth-order valence-corrected chi connectivity index (χ4v) is 2.06. The van der Waals surface area contributed by atoms with Crippen LogP contribution in [0.5, 0.6) is 0 Å². The van der Waals surface area contributed by atoms with Crippen LogP contribution in [0.2, 0.25) is 0 Å². The van der Waals surface area contributed by atoms with Gasteiger partial charge in [-0.1, -0.05) is 12.1 Å². The Labute approximate surface area is 215 Å². The molecular weight excluding hydrogens is 605 g/mol. The molecule has 0 atom stereocenters. The molecule has 16 heteroatoms. The average Bonchev–Trinajstić information content (AvgIpc) is 2.84. The van der Waals surface area contributed by atoms with Gasteiger partial charge in [0.1, 0.15) is 23.5 Å². The average molecular weight is 617 g/mol. The maximum Gasteiger partial charge on any atom is 1.00 e. The van der Waals surface area contributed by atoms with E-state index in [1.165, 1.54) is 12.4 Å². The monoisotopic (exact) mass is 616 g/mol. The number of hydrogen-bond donors (Lipinski definition) is 0. The summed E-state index contributed by atoms with van der Waals surface area (Å²) in [7, 11) is -10.7. The van der Waals surface area contributed by atoms with Crippen LogP contribution in [0.3, 0.4) is 0 Å². The Balaban J connectivity index is 0.000000283. The molecule has 4 aromatic rings. The molecule has 4 rings (SSSR count). The van der Waals surface area contributed by atoms with Gasteiger partial charge in [-0.2, -0.15) is 10.5 Å². The van der Waals surface area contributed by atoms with E-state index in [9.17, 15) is 25.2 Å². The molecule has 4 aromatic heterocycles. The Kier molecular flexibility index (Phi) is 9.86. The molecule has 0 aliphatic carbocycles. The molecular formula is C20H12AgF6N8P. The van der Waals surface area contributed by atoms with E-state index >= 15 is 0 Å². The van der Waals surface area contributed by atoms with E-state index in [2.05, 4.69) is 29.9 Å². The number of pyridine rings is 2. The van der Waals surface area contributed by atoms with Gasteiger partial charge >= 0.3 is 55.4 Å². The van der Waals surface area contributed by atoms with Crippen LogP contribution in [0.15, 0.2) is 73.6 Å². The van der Waals surface area contributed by atoms with Crippen molar-refractivity contribution in [2.24, 2.45) is 0 Å². The molecule has 0 bridgehead atoms. The molecule has 8 nitrogen and oxygen atoms in total. The summed E-state index contributed by atoms with van der Waals surface area (Å²) in [6.07, 6.45) is 9.33. The topological polar surface area (TPSA) is 125 Å². The second-order valence-electron chi connectivity index (χ2n) is 6.19. The van der Waals surface area contributed by atoms with Crippen LogP contribution < -0.4 is 0 Å². The van der Waals surface area contributed by atoms with Gasteiger partial charge in [-0.05, 0) is 24.3 Å². The third-order valence-corrected chi connectivity index (χ3v) is 3.39. The summed E-state index contributed by atoms with van der Waals surface area (Å²) in [5, 5.41) is 17.1. The van der Waals surface area contributed by atoms with Crippen molar-refractivity contribution in [3.63, 3.8) is 0 Å². The van der Waals surface area contributed by atoms with Gasteiger partial charge < -0.3 is 0 Å². The number of aromatic nitrogens is 6. The Morgan fingerprint density at radius 3 is 1.11 bits per heavy atom. The van der Waals surface area contributed by atoms with E-state index < -0.39 is 7.81 Å². The molecule has 0 aliphatic rings. The predicted octanol–water partition coefficient (Wildman–Crippen LogP) is 6.20. The molecule has 0 aliphatic heterocycles. The molecule has 36 heavy (non-hydrogen) atoms. The SMILES string of the molecule is F[P-](F)(F)(F)(F)F.N#Cc1cnc(-c2ccccn2)cn1.N#Cc1cnc(-c2ccccn2)cn1.[Ag+]. The zero-order valence-corrected chi connectivity index (χ0v) is 19.9. The van der Waals surface area contributed by atoms with Crippen LogP contribution >= 0.6 is 7.81 Å². The minimum Gasteiger partial charge on any atom is -0.255 e. The standard InChI is InChI=1S/2C10H6N4.Ag.F6P/c2*11-5-8-6-14-10(7-13-8)9-3-1-2-4-12-9;;1-7(2,3,4,5)6/h2*1-4,6-7H;;/q;;+1;-1. The van der Waals surface area contributed by atoms with Crippen molar-refractivity contribution in [2.45, 2.75) is 0 Å². The van der Waals surface area contributed by atoms with Crippen molar-refractivity contribution in [2.75, 3.05) is 0 Å². The summed E-state index contributed by atoms with van der Waals surface area (Å²) < 4.78 is 59.2. The van der Waals surface area contributed by atoms with Gasteiger partial charge in [-0.15, -0.1) is 0 Å². The van der Waals surface area contributed by atoms with Crippen molar-refractivity contribution in [1.82, 2.24) is 29.9 Å². The molecule has 0 saturated heterocycles. The first-order valence-electron chi connectivity index (χ1n) is 9.08. The Bertz CT molecular complexity index is 1220. The second-order valence-corrected chi connectivity index (χ2v) is 8.10. The van der Waals surface area contributed by atoms with E-state index in [1.54, 1.807) is 24.8 Å². The molecule has 0 fully saturated rings. The van der Waals surface area contributed by atoms with Gasteiger partial charge in [0.25, 0.3) is 0 Å². The van der Waals surface area contributed by atoms with Crippen LogP contribution in [-0.4, -0.2) is 29.9 Å². The van der Waals surface area contributed by atoms with Gasteiger partial charge in [0.2, 0.25) is 0 Å². The fraction of sp³-hybridized carbons (Fsp3) is 0. The molecule has 0 radical (unpaired) electrons. The summed E-state index contributed by atoms with van der Waals surface area (Å²) in [5.74, 6) is 0. The summed E-state index contributed by atoms with van der Waals surface area (Å²) in [6, 6.07) is 14.9. The normalized spacial score (nSPS) is 11.8. The first kappa shape index (κ1) is 30.2. The van der Waals surface area contributed by atoms with Gasteiger partial charge in [-0.25, -0.2) is 19.9 Å². The summed E-state index contributed by atoms with van der Waals surface area (Å²) in [5.41, 5.74) is 3.47. The molecule has 0 amide bonds. The summed E-state index contributed by atoms with van der Waals surface area (Å²) in [6.45, 7) is 0. The third-order valence-electron chi connectivity index (χ3n) is 3.39. The zero-order valence-electron chi connectivity index (χ0n) is 17.5. The zero-order chi connectivity index (χ0) is 26.0. The molecule has 0 saturated carbocycles. The fourth-order valence-electron chi connectivity index (χ4n) is 2.06. The first-order valence-corrected chi connectivity index (χ1v) is 11.1. The molecule has 0 aromatic carbocycles. The van der Waals surface area contributed by atoms with Crippen LogP contribution in [-0.2, 0) is 22.4 Å². The van der Waals surface area contributed by atoms with Crippen LogP contribution in [0.1, 0.15) is 11.4 Å².